The summed E-state index contributed by atoms with van der Waals surface area (Å²) in [4.78, 5) is 12.3. The number of halogens is 1. The number of ether oxygens (including phenoxy) is 1. The molecule has 2 aromatic rings. The molecular weight excluding hydrogens is 327 g/mol. The fraction of sp³-hybridized carbons (Fsp3) is 0.435. The minimum atomic E-state index is -0.322. The van der Waals surface area contributed by atoms with Crippen LogP contribution in [0.3, 0.4) is 0 Å². The second kappa shape index (κ2) is 9.51. The fourth-order valence-corrected chi connectivity index (χ4v) is 2.94. The lowest BCUT2D eigenvalue weighted by Crippen LogP contribution is -2.06. The molecular formula is C23H29FO2. The van der Waals surface area contributed by atoms with Crippen molar-refractivity contribution >= 4 is 5.78 Å². The number of Topliss-reactive ketones (excluding diaryl/α,β-unsaturated/α-hetero) is 1. The molecule has 0 aliphatic heterocycles. The Morgan fingerprint density at radius 3 is 2.35 bits per heavy atom. The monoisotopic (exact) mass is 356 g/mol. The zero-order valence-corrected chi connectivity index (χ0v) is 16.2. The van der Waals surface area contributed by atoms with E-state index < -0.39 is 0 Å². The number of ketones is 1. The summed E-state index contributed by atoms with van der Waals surface area (Å²) in [7, 11) is 1.70. The van der Waals surface area contributed by atoms with Crippen LogP contribution in [-0.4, -0.2) is 12.9 Å². The number of aryl methyl sites for hydroxylation is 2. The lowest BCUT2D eigenvalue weighted by Gasteiger charge is -2.17. The number of methoxy groups -OCH3 is 1. The highest BCUT2D eigenvalue weighted by Gasteiger charge is 2.12. The van der Waals surface area contributed by atoms with E-state index in [0.717, 1.165) is 24.2 Å². The first-order valence-electron chi connectivity index (χ1n) is 9.35. The molecule has 3 heteroatoms. The summed E-state index contributed by atoms with van der Waals surface area (Å²) in [6.45, 7) is 6.78. The van der Waals surface area contributed by atoms with E-state index in [2.05, 4.69) is 26.8 Å². The average molecular weight is 356 g/mol. The summed E-state index contributed by atoms with van der Waals surface area (Å²) in [6, 6.07) is 11.9. The SMILES string of the molecule is COc1ccc(CCC(=O)c2ccc(F)cc2)cc1CCC(C)C(C)C. The van der Waals surface area contributed by atoms with E-state index in [-0.39, 0.29) is 11.6 Å². The number of benzene rings is 2. The van der Waals surface area contributed by atoms with Gasteiger partial charge in [-0.25, -0.2) is 4.39 Å². The van der Waals surface area contributed by atoms with Gasteiger partial charge in [-0.3, -0.25) is 4.79 Å². The molecule has 2 aromatic carbocycles. The number of carbonyl (C=O) groups excluding carboxylic acids is 1. The van der Waals surface area contributed by atoms with Crippen molar-refractivity contribution in [2.75, 3.05) is 7.11 Å². The molecule has 0 fully saturated rings. The normalized spacial score (nSPS) is 12.2. The molecule has 0 aliphatic rings. The third kappa shape index (κ3) is 5.69. The van der Waals surface area contributed by atoms with Gasteiger partial charge in [0.05, 0.1) is 7.11 Å². The van der Waals surface area contributed by atoms with Gasteiger partial charge in [0, 0.05) is 12.0 Å². The Hall–Kier alpha value is -2.16. The molecule has 1 atom stereocenters. The molecule has 26 heavy (non-hydrogen) atoms. The number of carbonyl (C=O) groups is 1. The van der Waals surface area contributed by atoms with Crippen molar-refractivity contribution < 1.29 is 13.9 Å². The van der Waals surface area contributed by atoms with Crippen LogP contribution in [0.5, 0.6) is 5.75 Å². The second-order valence-corrected chi connectivity index (χ2v) is 7.34. The average Bonchev–Trinajstić information content (AvgIpc) is 2.64. The van der Waals surface area contributed by atoms with Gasteiger partial charge in [-0.15, -0.1) is 0 Å². The molecule has 0 N–H and O–H groups in total. The molecule has 0 bridgehead atoms. The van der Waals surface area contributed by atoms with Crippen LogP contribution in [0.2, 0.25) is 0 Å². The Morgan fingerprint density at radius 1 is 1.04 bits per heavy atom. The van der Waals surface area contributed by atoms with Gasteiger partial charge in [-0.1, -0.05) is 32.9 Å². The van der Waals surface area contributed by atoms with Gasteiger partial charge in [0.1, 0.15) is 11.6 Å². The van der Waals surface area contributed by atoms with Gasteiger partial charge < -0.3 is 4.74 Å². The predicted molar refractivity (Wildman–Crippen MR) is 104 cm³/mol. The van der Waals surface area contributed by atoms with Gasteiger partial charge in [0.25, 0.3) is 0 Å². The van der Waals surface area contributed by atoms with Crippen molar-refractivity contribution in [2.24, 2.45) is 11.8 Å². The Bertz CT molecular complexity index is 719. The van der Waals surface area contributed by atoms with Crippen LogP contribution in [0.1, 0.15) is 55.1 Å². The van der Waals surface area contributed by atoms with Gasteiger partial charge in [-0.05, 0) is 72.6 Å². The van der Waals surface area contributed by atoms with E-state index >= 15 is 0 Å². The highest BCUT2D eigenvalue weighted by molar-refractivity contribution is 5.96. The van der Waals surface area contributed by atoms with E-state index in [1.54, 1.807) is 19.2 Å². The summed E-state index contributed by atoms with van der Waals surface area (Å²) >= 11 is 0. The van der Waals surface area contributed by atoms with E-state index in [1.165, 1.54) is 17.7 Å². The quantitative estimate of drug-likeness (QED) is 0.525. The lowest BCUT2D eigenvalue weighted by atomic mass is 9.90. The summed E-state index contributed by atoms with van der Waals surface area (Å²) in [5, 5.41) is 0. The Balaban J connectivity index is 2.01. The molecule has 0 heterocycles. The first-order valence-corrected chi connectivity index (χ1v) is 9.35. The Morgan fingerprint density at radius 2 is 1.73 bits per heavy atom. The smallest absolute Gasteiger partial charge is 0.163 e. The topological polar surface area (TPSA) is 26.3 Å². The van der Waals surface area contributed by atoms with Crippen LogP contribution >= 0.6 is 0 Å². The van der Waals surface area contributed by atoms with Crippen LogP contribution in [0.4, 0.5) is 4.39 Å². The van der Waals surface area contributed by atoms with Crippen molar-refractivity contribution in [1.29, 1.82) is 0 Å². The minimum Gasteiger partial charge on any atom is -0.496 e. The standard InChI is InChI=1S/C23H29FO2/c1-16(2)17(3)5-8-20-15-18(7-14-23(20)26-4)6-13-22(25)19-9-11-21(24)12-10-19/h7,9-12,14-17H,5-6,8,13H2,1-4H3. The first kappa shape index (κ1) is 20.2. The molecule has 140 valence electrons. The molecule has 0 aromatic heterocycles. The van der Waals surface area contributed by atoms with Crippen LogP contribution in [0.25, 0.3) is 0 Å². The third-order valence-corrected chi connectivity index (χ3v) is 5.16. The van der Waals surface area contributed by atoms with Crippen LogP contribution in [0, 0.1) is 17.7 Å². The van der Waals surface area contributed by atoms with Crippen LogP contribution < -0.4 is 4.74 Å². The van der Waals surface area contributed by atoms with Gasteiger partial charge in [-0.2, -0.15) is 0 Å². The molecule has 0 saturated heterocycles. The third-order valence-electron chi connectivity index (χ3n) is 5.16. The first-order chi connectivity index (χ1) is 12.4. The summed E-state index contributed by atoms with van der Waals surface area (Å²) < 4.78 is 18.5. The van der Waals surface area contributed by atoms with Crippen LogP contribution in [0.15, 0.2) is 42.5 Å². The van der Waals surface area contributed by atoms with Gasteiger partial charge in [0.2, 0.25) is 0 Å². The zero-order valence-electron chi connectivity index (χ0n) is 16.2. The van der Waals surface area contributed by atoms with Crippen molar-refractivity contribution in [3.05, 3.63) is 65.0 Å². The number of rotatable bonds is 9. The maximum Gasteiger partial charge on any atom is 0.163 e. The molecule has 0 saturated carbocycles. The van der Waals surface area contributed by atoms with Crippen molar-refractivity contribution in [3.8, 4) is 5.75 Å². The highest BCUT2D eigenvalue weighted by atomic mass is 19.1. The van der Waals surface area contributed by atoms with Crippen molar-refractivity contribution in [3.63, 3.8) is 0 Å². The minimum absolute atomic E-state index is 0.0378. The van der Waals surface area contributed by atoms with Crippen LogP contribution in [-0.2, 0) is 12.8 Å². The molecule has 0 spiro atoms. The Kier molecular flexibility index (Phi) is 7.38. The number of hydrogen-bond donors (Lipinski definition) is 0. The fourth-order valence-electron chi connectivity index (χ4n) is 2.94. The molecule has 1 unspecified atom stereocenters. The van der Waals surface area contributed by atoms with E-state index in [0.29, 0.717) is 30.2 Å². The molecule has 0 radical (unpaired) electrons. The van der Waals surface area contributed by atoms with E-state index in [1.807, 2.05) is 12.1 Å². The zero-order chi connectivity index (χ0) is 19.1. The second-order valence-electron chi connectivity index (χ2n) is 7.34. The Labute approximate surface area is 156 Å². The molecule has 0 amide bonds. The van der Waals surface area contributed by atoms with E-state index in [4.69, 9.17) is 4.74 Å². The number of hydrogen-bond acceptors (Lipinski definition) is 2. The van der Waals surface area contributed by atoms with Crippen molar-refractivity contribution in [1.82, 2.24) is 0 Å². The van der Waals surface area contributed by atoms with E-state index in [9.17, 15) is 9.18 Å². The summed E-state index contributed by atoms with van der Waals surface area (Å²) in [5.74, 6) is 1.95. The highest BCUT2D eigenvalue weighted by Crippen LogP contribution is 2.25. The summed E-state index contributed by atoms with van der Waals surface area (Å²) in [6.07, 6.45) is 3.18. The maximum absolute atomic E-state index is 13.0. The molecule has 2 rings (SSSR count). The lowest BCUT2D eigenvalue weighted by molar-refractivity contribution is 0.0983. The molecule has 0 aliphatic carbocycles. The summed E-state index contributed by atoms with van der Waals surface area (Å²) in [5.41, 5.74) is 2.89. The largest absolute Gasteiger partial charge is 0.496 e. The maximum atomic E-state index is 13.0. The van der Waals surface area contributed by atoms with Crippen molar-refractivity contribution in [2.45, 2.75) is 46.5 Å². The van der Waals surface area contributed by atoms with Gasteiger partial charge in [0.15, 0.2) is 5.78 Å². The van der Waals surface area contributed by atoms with Gasteiger partial charge >= 0.3 is 0 Å². The predicted octanol–water partition coefficient (Wildman–Crippen LogP) is 5.87. The molecule has 2 nitrogen and oxygen atoms in total.